The van der Waals surface area contributed by atoms with Gasteiger partial charge in [-0.05, 0) is 27.7 Å². The molecule has 0 aliphatic heterocycles. The summed E-state index contributed by atoms with van der Waals surface area (Å²) in [5, 5.41) is 32.0. The minimum absolute atomic E-state index is 0.101. The van der Waals surface area contributed by atoms with Crippen molar-refractivity contribution in [3.05, 3.63) is 49.6 Å². The smallest absolute Gasteiger partial charge is 0.213 e. The van der Waals surface area contributed by atoms with Crippen LogP contribution in [0.3, 0.4) is 0 Å². The molecule has 0 amide bonds. The van der Waals surface area contributed by atoms with Crippen LogP contribution >= 0.6 is 0 Å². The topological polar surface area (TPSA) is 107 Å². The quantitative estimate of drug-likeness (QED) is 0.641. The van der Waals surface area contributed by atoms with Crippen LogP contribution in [0.4, 0.5) is 0 Å². The summed E-state index contributed by atoms with van der Waals surface area (Å²) in [6, 6.07) is 4.89. The van der Waals surface area contributed by atoms with Gasteiger partial charge in [-0.2, -0.15) is 0 Å². The van der Waals surface area contributed by atoms with E-state index in [9.17, 15) is 25.3 Å². The van der Waals surface area contributed by atoms with Crippen LogP contribution in [0.25, 0.3) is 0 Å². The first-order valence-corrected chi connectivity index (χ1v) is 6.54. The second-order valence-corrected chi connectivity index (χ2v) is 6.45. The van der Waals surface area contributed by atoms with Crippen LogP contribution < -0.4 is 0 Å². The highest BCUT2D eigenvalue weighted by Crippen LogP contribution is 2.39. The molecule has 1 aromatic carbocycles. The summed E-state index contributed by atoms with van der Waals surface area (Å²) in [5.41, 5.74) is -0.885. The van der Waals surface area contributed by atoms with Crippen molar-refractivity contribution in [2.24, 2.45) is 0 Å². The molecule has 1 rings (SSSR count). The number of para-hydroxylation sites is 1. The Kier molecular flexibility index (Phi) is 4.56. The van der Waals surface area contributed by atoms with Crippen LogP contribution in [0.15, 0.2) is 18.2 Å². The lowest BCUT2D eigenvalue weighted by molar-refractivity contribution is -0.489. The maximum Gasteiger partial charge on any atom is 0.213 e. The van der Waals surface area contributed by atoms with Gasteiger partial charge in [-0.3, -0.25) is 20.2 Å². The standard InChI is InChI=1S/C14H20N2O5/c1-13(2,8-15(18)19)10-6-5-7-11(12(10)17)14(3,4)9-16(20)21/h5-7,17H,8-9H2,1-4H3. The summed E-state index contributed by atoms with van der Waals surface area (Å²) in [5.74, 6) is -0.101. The van der Waals surface area contributed by atoms with Crippen molar-refractivity contribution >= 4 is 0 Å². The second-order valence-electron chi connectivity index (χ2n) is 6.45. The SMILES string of the molecule is CC(C)(C[N+](=O)[O-])c1cccc(C(C)(C)C[N+](=O)[O-])c1O. The van der Waals surface area contributed by atoms with E-state index in [1.165, 1.54) is 0 Å². The van der Waals surface area contributed by atoms with Crippen LogP contribution in [0, 0.1) is 20.2 Å². The Morgan fingerprint density at radius 3 is 1.57 bits per heavy atom. The van der Waals surface area contributed by atoms with Gasteiger partial charge in [0.05, 0.1) is 10.8 Å². The highest BCUT2D eigenvalue weighted by molar-refractivity contribution is 5.47. The summed E-state index contributed by atoms with van der Waals surface area (Å²) >= 11 is 0. The number of benzene rings is 1. The number of phenols is 1. The van der Waals surface area contributed by atoms with Crippen molar-refractivity contribution in [2.75, 3.05) is 13.1 Å². The fourth-order valence-corrected chi connectivity index (χ4v) is 2.45. The van der Waals surface area contributed by atoms with Crippen molar-refractivity contribution in [1.82, 2.24) is 0 Å². The zero-order valence-corrected chi connectivity index (χ0v) is 12.6. The molecule has 0 bridgehead atoms. The molecule has 1 aromatic rings. The van der Waals surface area contributed by atoms with E-state index in [1.807, 2.05) is 0 Å². The average molecular weight is 296 g/mol. The number of hydrogen-bond donors (Lipinski definition) is 1. The summed E-state index contributed by atoms with van der Waals surface area (Å²) in [7, 11) is 0. The van der Waals surface area contributed by atoms with Crippen LogP contribution in [-0.4, -0.2) is 28.0 Å². The van der Waals surface area contributed by atoms with Gasteiger partial charge in [0.15, 0.2) is 0 Å². The van der Waals surface area contributed by atoms with E-state index >= 15 is 0 Å². The molecule has 7 heteroatoms. The van der Waals surface area contributed by atoms with Crippen molar-refractivity contribution in [3.8, 4) is 5.75 Å². The molecule has 0 saturated heterocycles. The Labute approximate surface area is 122 Å². The van der Waals surface area contributed by atoms with E-state index in [4.69, 9.17) is 0 Å². The average Bonchev–Trinajstić information content (AvgIpc) is 2.24. The minimum Gasteiger partial charge on any atom is -0.507 e. The number of rotatable bonds is 6. The van der Waals surface area contributed by atoms with Crippen molar-refractivity contribution in [1.29, 1.82) is 0 Å². The molecule has 0 aromatic heterocycles. The van der Waals surface area contributed by atoms with Gasteiger partial charge in [-0.15, -0.1) is 0 Å². The molecule has 0 radical (unpaired) electrons. The predicted octanol–water partition coefficient (Wildman–Crippen LogP) is 2.50. The van der Waals surface area contributed by atoms with E-state index < -0.39 is 20.7 Å². The lowest BCUT2D eigenvalue weighted by Crippen LogP contribution is -2.31. The van der Waals surface area contributed by atoms with Gasteiger partial charge in [0.2, 0.25) is 13.1 Å². The van der Waals surface area contributed by atoms with E-state index in [0.717, 1.165) is 0 Å². The Balaban J connectivity index is 3.32. The molecule has 0 saturated carbocycles. The third-order valence-corrected chi connectivity index (χ3v) is 3.54. The first-order chi connectivity index (χ1) is 9.47. The zero-order chi connectivity index (χ0) is 16.4. The molecule has 0 atom stereocenters. The molecule has 116 valence electrons. The Morgan fingerprint density at radius 1 is 0.952 bits per heavy atom. The third-order valence-electron chi connectivity index (χ3n) is 3.54. The molecule has 0 fully saturated rings. The normalized spacial score (nSPS) is 12.2. The summed E-state index contributed by atoms with van der Waals surface area (Å²) in [6.07, 6.45) is 0. The Bertz CT molecular complexity index is 520. The Morgan fingerprint density at radius 2 is 1.29 bits per heavy atom. The fraction of sp³-hybridized carbons (Fsp3) is 0.571. The maximum absolute atomic E-state index is 10.8. The molecule has 0 heterocycles. The highest BCUT2D eigenvalue weighted by Gasteiger charge is 2.35. The monoisotopic (exact) mass is 296 g/mol. The van der Waals surface area contributed by atoms with Gasteiger partial charge < -0.3 is 5.11 Å². The highest BCUT2D eigenvalue weighted by atomic mass is 16.6. The van der Waals surface area contributed by atoms with E-state index in [2.05, 4.69) is 0 Å². The summed E-state index contributed by atoms with van der Waals surface area (Å²) in [6.45, 7) is 5.98. The molecule has 0 aliphatic carbocycles. The summed E-state index contributed by atoms with van der Waals surface area (Å²) < 4.78 is 0. The first-order valence-electron chi connectivity index (χ1n) is 6.54. The van der Waals surface area contributed by atoms with Gasteiger partial charge in [0, 0.05) is 21.0 Å². The number of nitrogens with zero attached hydrogens (tertiary/aromatic N) is 2. The van der Waals surface area contributed by atoms with E-state index in [1.54, 1.807) is 45.9 Å². The lowest BCUT2D eigenvalue weighted by atomic mass is 9.78. The van der Waals surface area contributed by atoms with Gasteiger partial charge in [0.25, 0.3) is 0 Å². The molecule has 0 aliphatic rings. The number of aromatic hydroxyl groups is 1. The first kappa shape index (κ1) is 16.9. The lowest BCUT2D eigenvalue weighted by Gasteiger charge is -2.27. The summed E-state index contributed by atoms with van der Waals surface area (Å²) in [4.78, 5) is 20.7. The number of hydrogen-bond acceptors (Lipinski definition) is 5. The largest absolute Gasteiger partial charge is 0.507 e. The minimum atomic E-state index is -0.867. The van der Waals surface area contributed by atoms with Crippen molar-refractivity contribution in [2.45, 2.75) is 38.5 Å². The molecule has 7 nitrogen and oxygen atoms in total. The van der Waals surface area contributed by atoms with Gasteiger partial charge in [0.1, 0.15) is 5.75 Å². The zero-order valence-electron chi connectivity index (χ0n) is 12.6. The van der Waals surface area contributed by atoms with Crippen LogP contribution in [0.5, 0.6) is 5.75 Å². The van der Waals surface area contributed by atoms with Crippen LogP contribution in [-0.2, 0) is 10.8 Å². The van der Waals surface area contributed by atoms with Gasteiger partial charge in [-0.1, -0.05) is 18.2 Å². The van der Waals surface area contributed by atoms with E-state index in [0.29, 0.717) is 11.1 Å². The third kappa shape index (κ3) is 3.90. The molecule has 21 heavy (non-hydrogen) atoms. The van der Waals surface area contributed by atoms with E-state index in [-0.39, 0.29) is 18.8 Å². The second kappa shape index (κ2) is 5.67. The molecular formula is C14H20N2O5. The Hall–Kier alpha value is -2.18. The molecule has 1 N–H and O–H groups in total. The number of phenolic OH excluding ortho intramolecular Hbond substituents is 1. The predicted molar refractivity (Wildman–Crippen MR) is 77.9 cm³/mol. The van der Waals surface area contributed by atoms with Gasteiger partial charge >= 0.3 is 0 Å². The molecular weight excluding hydrogens is 276 g/mol. The molecule has 0 unspecified atom stereocenters. The molecule has 0 spiro atoms. The van der Waals surface area contributed by atoms with Crippen LogP contribution in [0.2, 0.25) is 0 Å². The van der Waals surface area contributed by atoms with Crippen LogP contribution in [0.1, 0.15) is 38.8 Å². The van der Waals surface area contributed by atoms with Crippen molar-refractivity contribution < 1.29 is 15.0 Å². The van der Waals surface area contributed by atoms with Crippen molar-refractivity contribution in [3.63, 3.8) is 0 Å². The fourth-order valence-electron chi connectivity index (χ4n) is 2.45. The maximum atomic E-state index is 10.8. The van der Waals surface area contributed by atoms with Gasteiger partial charge in [-0.25, -0.2) is 0 Å². The number of nitro groups is 2.